The summed E-state index contributed by atoms with van der Waals surface area (Å²) in [6.45, 7) is 5.63. The highest BCUT2D eigenvalue weighted by Crippen LogP contribution is 2.29. The van der Waals surface area contributed by atoms with Crippen molar-refractivity contribution in [3.63, 3.8) is 0 Å². The molecular weight excluding hydrogens is 374 g/mol. The van der Waals surface area contributed by atoms with Gasteiger partial charge in [-0.3, -0.25) is 14.0 Å². The Morgan fingerprint density at radius 1 is 1.38 bits per heavy atom. The fourth-order valence-electron chi connectivity index (χ4n) is 2.29. The van der Waals surface area contributed by atoms with Crippen LogP contribution in [-0.2, 0) is 11.4 Å². The summed E-state index contributed by atoms with van der Waals surface area (Å²) in [5.74, 6) is 0.157. The number of benzene rings is 1. The van der Waals surface area contributed by atoms with Gasteiger partial charge in [-0.05, 0) is 25.1 Å². The molecule has 3 aromatic rings. The number of aryl methyl sites for hydroxylation is 1. The topological polar surface area (TPSA) is 72.7 Å². The number of hydrogen-bond donors (Lipinski definition) is 1. The Kier molecular flexibility index (Phi) is 5.29. The minimum Gasteiger partial charge on any atom is -0.485 e. The van der Waals surface area contributed by atoms with Crippen molar-refractivity contribution in [2.45, 2.75) is 27.4 Å². The normalized spacial score (nSPS) is 11.1. The van der Waals surface area contributed by atoms with Gasteiger partial charge in [0.1, 0.15) is 12.4 Å². The third kappa shape index (κ3) is 4.05. The summed E-state index contributed by atoms with van der Waals surface area (Å²) in [6, 6.07) is 6.43. The standard InChI is InChI=1S/C18H18ClN3O3S/c1-10(2)17(24)21-14-6-12(19)4-5-15(14)25-9-13-7-16(23)22-8-11(3)26-18(22)20-13/h4-8,10H,9H2,1-3H3,(H,21,24). The van der Waals surface area contributed by atoms with Crippen molar-refractivity contribution in [1.82, 2.24) is 9.38 Å². The molecule has 1 N–H and O–H groups in total. The Morgan fingerprint density at radius 3 is 2.88 bits per heavy atom. The summed E-state index contributed by atoms with van der Waals surface area (Å²) in [5.41, 5.74) is 0.858. The molecule has 0 spiro atoms. The van der Waals surface area contributed by atoms with Crippen LogP contribution in [0.25, 0.3) is 4.96 Å². The molecule has 2 heterocycles. The fourth-order valence-corrected chi connectivity index (χ4v) is 3.31. The van der Waals surface area contributed by atoms with Crippen molar-refractivity contribution < 1.29 is 9.53 Å². The molecule has 8 heteroatoms. The smallest absolute Gasteiger partial charge is 0.258 e. The molecule has 0 bridgehead atoms. The largest absolute Gasteiger partial charge is 0.485 e. The minimum absolute atomic E-state index is 0.106. The van der Waals surface area contributed by atoms with Gasteiger partial charge >= 0.3 is 0 Å². The van der Waals surface area contributed by atoms with Gasteiger partial charge < -0.3 is 10.1 Å². The molecule has 0 aliphatic heterocycles. The van der Waals surface area contributed by atoms with E-state index in [9.17, 15) is 9.59 Å². The molecule has 0 radical (unpaired) electrons. The Balaban J connectivity index is 1.83. The molecule has 0 saturated heterocycles. The highest BCUT2D eigenvalue weighted by molar-refractivity contribution is 7.16. The van der Waals surface area contributed by atoms with Crippen LogP contribution in [-0.4, -0.2) is 15.3 Å². The molecule has 0 aliphatic carbocycles. The molecule has 26 heavy (non-hydrogen) atoms. The lowest BCUT2D eigenvalue weighted by Crippen LogP contribution is -2.18. The second-order valence-corrected chi connectivity index (χ2v) is 7.80. The predicted molar refractivity (Wildman–Crippen MR) is 103 cm³/mol. The van der Waals surface area contributed by atoms with Gasteiger partial charge in [-0.2, -0.15) is 0 Å². The van der Waals surface area contributed by atoms with Crippen LogP contribution in [0.5, 0.6) is 5.75 Å². The number of ether oxygens (including phenoxy) is 1. The number of hydrogen-bond acceptors (Lipinski definition) is 5. The predicted octanol–water partition coefficient (Wildman–Crippen LogP) is 3.89. The van der Waals surface area contributed by atoms with E-state index in [1.807, 2.05) is 6.92 Å². The van der Waals surface area contributed by atoms with Crippen molar-refractivity contribution in [2.75, 3.05) is 5.32 Å². The Bertz CT molecular complexity index is 1030. The Morgan fingerprint density at radius 2 is 2.15 bits per heavy atom. The van der Waals surface area contributed by atoms with Crippen LogP contribution in [0.1, 0.15) is 24.4 Å². The molecule has 6 nitrogen and oxygen atoms in total. The number of amides is 1. The zero-order chi connectivity index (χ0) is 18.8. The number of aromatic nitrogens is 2. The lowest BCUT2D eigenvalue weighted by molar-refractivity contribution is -0.118. The summed E-state index contributed by atoms with van der Waals surface area (Å²) >= 11 is 7.46. The molecule has 0 fully saturated rings. The number of halogens is 1. The van der Waals surface area contributed by atoms with E-state index >= 15 is 0 Å². The molecule has 1 amide bonds. The van der Waals surface area contributed by atoms with E-state index in [-0.39, 0.29) is 24.0 Å². The monoisotopic (exact) mass is 391 g/mol. The second-order valence-electron chi connectivity index (χ2n) is 6.15. The number of thiazole rings is 1. The molecule has 2 aromatic heterocycles. The molecule has 0 unspecified atom stereocenters. The maximum Gasteiger partial charge on any atom is 0.258 e. The highest BCUT2D eigenvalue weighted by Gasteiger charge is 2.13. The zero-order valence-corrected chi connectivity index (χ0v) is 16.1. The average molecular weight is 392 g/mol. The number of nitrogens with one attached hydrogen (secondary N) is 1. The first kappa shape index (κ1) is 18.4. The van der Waals surface area contributed by atoms with E-state index in [1.165, 1.54) is 21.8 Å². The van der Waals surface area contributed by atoms with Crippen LogP contribution < -0.4 is 15.6 Å². The summed E-state index contributed by atoms with van der Waals surface area (Å²) in [6.07, 6.45) is 1.76. The van der Waals surface area contributed by atoms with Gasteiger partial charge in [-0.1, -0.05) is 25.4 Å². The van der Waals surface area contributed by atoms with Crippen LogP contribution in [0.4, 0.5) is 5.69 Å². The van der Waals surface area contributed by atoms with Gasteiger partial charge in [0.15, 0.2) is 4.96 Å². The van der Waals surface area contributed by atoms with Gasteiger partial charge in [0.25, 0.3) is 5.56 Å². The SMILES string of the molecule is Cc1cn2c(=O)cc(COc3ccc(Cl)cc3NC(=O)C(C)C)nc2s1. The zero-order valence-electron chi connectivity index (χ0n) is 14.6. The summed E-state index contributed by atoms with van der Waals surface area (Å²) in [5, 5.41) is 3.29. The fraction of sp³-hybridized carbons (Fsp3) is 0.278. The number of nitrogens with zero attached hydrogens (tertiary/aromatic N) is 2. The average Bonchev–Trinajstić information content (AvgIpc) is 2.95. The van der Waals surface area contributed by atoms with E-state index < -0.39 is 0 Å². The van der Waals surface area contributed by atoms with Crippen molar-refractivity contribution in [3.05, 3.63) is 56.4 Å². The van der Waals surface area contributed by atoms with Gasteiger partial charge in [0.05, 0.1) is 11.4 Å². The van der Waals surface area contributed by atoms with Crippen LogP contribution >= 0.6 is 22.9 Å². The van der Waals surface area contributed by atoms with Crippen LogP contribution in [0.3, 0.4) is 0 Å². The van der Waals surface area contributed by atoms with Gasteiger partial charge in [0.2, 0.25) is 5.91 Å². The highest BCUT2D eigenvalue weighted by atomic mass is 35.5. The molecular formula is C18H18ClN3O3S. The number of carbonyl (C=O) groups excluding carboxylic acids is 1. The molecule has 0 saturated carbocycles. The number of anilines is 1. The van der Waals surface area contributed by atoms with Crippen molar-refractivity contribution in [1.29, 1.82) is 0 Å². The van der Waals surface area contributed by atoms with E-state index in [4.69, 9.17) is 16.3 Å². The Labute approximate surface area is 159 Å². The molecule has 136 valence electrons. The quantitative estimate of drug-likeness (QED) is 0.716. The lowest BCUT2D eigenvalue weighted by Gasteiger charge is -2.14. The van der Waals surface area contributed by atoms with Crippen molar-refractivity contribution in [2.24, 2.45) is 5.92 Å². The maximum absolute atomic E-state index is 12.2. The summed E-state index contributed by atoms with van der Waals surface area (Å²) < 4.78 is 7.30. The number of rotatable bonds is 5. The maximum atomic E-state index is 12.2. The first-order valence-electron chi connectivity index (χ1n) is 8.05. The van der Waals surface area contributed by atoms with Crippen LogP contribution in [0.2, 0.25) is 5.02 Å². The lowest BCUT2D eigenvalue weighted by atomic mass is 10.2. The van der Waals surface area contributed by atoms with Gasteiger partial charge in [0, 0.05) is 28.1 Å². The van der Waals surface area contributed by atoms with Crippen molar-refractivity contribution >= 4 is 39.5 Å². The number of fused-ring (bicyclic) bond motifs is 1. The third-order valence-electron chi connectivity index (χ3n) is 3.64. The van der Waals surface area contributed by atoms with Gasteiger partial charge in [-0.15, -0.1) is 11.3 Å². The number of carbonyl (C=O) groups is 1. The molecule has 1 aromatic carbocycles. The van der Waals surface area contributed by atoms with E-state index in [0.29, 0.717) is 27.1 Å². The Hall–Kier alpha value is -2.38. The van der Waals surface area contributed by atoms with E-state index in [0.717, 1.165) is 4.88 Å². The van der Waals surface area contributed by atoms with E-state index in [2.05, 4.69) is 10.3 Å². The summed E-state index contributed by atoms with van der Waals surface area (Å²) in [4.78, 5) is 30.2. The summed E-state index contributed by atoms with van der Waals surface area (Å²) in [7, 11) is 0. The molecule has 0 atom stereocenters. The first-order valence-corrected chi connectivity index (χ1v) is 9.25. The van der Waals surface area contributed by atoms with Crippen LogP contribution in [0, 0.1) is 12.8 Å². The second kappa shape index (κ2) is 7.47. The first-order chi connectivity index (χ1) is 12.3. The van der Waals surface area contributed by atoms with E-state index in [1.54, 1.807) is 38.2 Å². The molecule has 0 aliphatic rings. The van der Waals surface area contributed by atoms with Gasteiger partial charge in [-0.25, -0.2) is 4.98 Å². The minimum atomic E-state index is -0.173. The third-order valence-corrected chi connectivity index (χ3v) is 4.77. The van der Waals surface area contributed by atoms with Crippen molar-refractivity contribution in [3.8, 4) is 5.75 Å². The molecule has 3 rings (SSSR count). The van der Waals surface area contributed by atoms with Crippen LogP contribution in [0.15, 0.2) is 35.3 Å².